The highest BCUT2D eigenvalue weighted by Crippen LogP contribution is 2.14. The molecule has 0 aromatic carbocycles. The molecule has 82 valence electrons. The Hall–Kier alpha value is -0.620. The first kappa shape index (κ1) is 11.5. The fraction of sp³-hybridized carbons (Fsp3) is 0.875. The Morgan fingerprint density at radius 3 is 2.71 bits per heavy atom. The lowest BCUT2D eigenvalue weighted by Gasteiger charge is -2.33. The second-order valence-corrected chi connectivity index (χ2v) is 5.72. The van der Waals surface area contributed by atoms with Gasteiger partial charge in [0.15, 0.2) is 9.84 Å². The summed E-state index contributed by atoms with van der Waals surface area (Å²) < 4.78 is 22.6. The molecule has 5 nitrogen and oxygen atoms in total. The number of nitrogens with zero attached hydrogens (tertiary/aromatic N) is 1. The summed E-state index contributed by atoms with van der Waals surface area (Å²) in [6, 6.07) is -0.351. The molecule has 1 rings (SSSR count). The van der Waals surface area contributed by atoms with Gasteiger partial charge in [0.05, 0.1) is 17.9 Å². The van der Waals surface area contributed by atoms with E-state index in [4.69, 9.17) is 5.11 Å². The molecule has 0 saturated carbocycles. The molecule has 1 saturated heterocycles. The second kappa shape index (κ2) is 4.27. The smallest absolute Gasteiger partial charge is 0.304 e. The molecule has 1 atom stereocenters. The van der Waals surface area contributed by atoms with Crippen LogP contribution in [-0.4, -0.2) is 55.0 Å². The van der Waals surface area contributed by atoms with Gasteiger partial charge in [0.1, 0.15) is 0 Å². The number of carbonyl (C=O) groups is 1. The summed E-state index contributed by atoms with van der Waals surface area (Å²) in [4.78, 5) is 12.4. The molecule has 1 fully saturated rings. The summed E-state index contributed by atoms with van der Waals surface area (Å²) >= 11 is 0. The molecular weight excluding hydrogens is 206 g/mol. The lowest BCUT2D eigenvalue weighted by molar-refractivity contribution is -0.138. The minimum absolute atomic E-state index is 0.0207. The van der Waals surface area contributed by atoms with Crippen molar-refractivity contribution in [2.24, 2.45) is 0 Å². The van der Waals surface area contributed by atoms with Crippen LogP contribution in [0.2, 0.25) is 0 Å². The number of carboxylic acids is 1. The maximum Gasteiger partial charge on any atom is 0.304 e. The van der Waals surface area contributed by atoms with Crippen molar-refractivity contribution >= 4 is 15.8 Å². The third-order valence-electron chi connectivity index (χ3n) is 2.47. The summed E-state index contributed by atoms with van der Waals surface area (Å²) in [5.41, 5.74) is 0. The maximum absolute atomic E-state index is 11.3. The normalized spacial score (nSPS) is 27.4. The Bertz CT molecular complexity index is 311. The highest BCUT2D eigenvalue weighted by Gasteiger charge is 2.31. The first-order chi connectivity index (χ1) is 6.44. The van der Waals surface area contributed by atoms with Crippen LogP contribution in [0.5, 0.6) is 0 Å². The van der Waals surface area contributed by atoms with Crippen LogP contribution in [0.3, 0.4) is 0 Å². The molecular formula is C8H15NO4S. The molecule has 0 aromatic rings. The molecule has 1 heterocycles. The number of aliphatic carboxylic acids is 1. The molecule has 1 aliphatic heterocycles. The third kappa shape index (κ3) is 2.95. The summed E-state index contributed by atoms with van der Waals surface area (Å²) in [6.45, 7) is 3.07. The maximum atomic E-state index is 11.3. The van der Waals surface area contributed by atoms with E-state index in [1.165, 1.54) is 0 Å². The van der Waals surface area contributed by atoms with E-state index in [0.717, 1.165) is 0 Å². The number of hydrogen-bond donors (Lipinski definition) is 1. The van der Waals surface area contributed by atoms with Gasteiger partial charge in [0.25, 0.3) is 0 Å². The molecule has 0 aromatic heterocycles. The summed E-state index contributed by atoms with van der Waals surface area (Å²) in [5.74, 6) is -0.810. The highest BCUT2D eigenvalue weighted by atomic mass is 32.2. The van der Waals surface area contributed by atoms with Crippen LogP contribution in [-0.2, 0) is 14.6 Å². The zero-order valence-corrected chi connectivity index (χ0v) is 8.96. The average Bonchev–Trinajstić information content (AvgIpc) is 2.01. The quantitative estimate of drug-likeness (QED) is 0.700. The molecule has 0 bridgehead atoms. The van der Waals surface area contributed by atoms with Gasteiger partial charge in [-0.15, -0.1) is 0 Å². The van der Waals surface area contributed by atoms with Gasteiger partial charge in [-0.05, 0) is 6.54 Å². The van der Waals surface area contributed by atoms with Crippen LogP contribution in [0.1, 0.15) is 13.3 Å². The minimum atomic E-state index is -3.03. The highest BCUT2D eigenvalue weighted by molar-refractivity contribution is 7.91. The summed E-state index contributed by atoms with van der Waals surface area (Å²) in [6.07, 6.45) is -0.0902. The number of hydrogen-bond acceptors (Lipinski definition) is 4. The monoisotopic (exact) mass is 221 g/mol. The van der Waals surface area contributed by atoms with Crippen molar-refractivity contribution in [2.75, 3.05) is 24.6 Å². The molecule has 1 unspecified atom stereocenters. The Labute approximate surface area is 83.6 Å². The first-order valence-corrected chi connectivity index (χ1v) is 6.43. The van der Waals surface area contributed by atoms with Crippen LogP contribution in [0.15, 0.2) is 0 Å². The lowest BCUT2D eigenvalue weighted by Crippen LogP contribution is -2.49. The van der Waals surface area contributed by atoms with Gasteiger partial charge in [0.2, 0.25) is 0 Å². The van der Waals surface area contributed by atoms with Crippen LogP contribution in [0.4, 0.5) is 0 Å². The molecule has 0 spiro atoms. The predicted octanol–water partition coefficient (Wildman–Crippen LogP) is -0.420. The number of carboxylic acid groups (broad SMARTS) is 1. The molecule has 0 amide bonds. The predicted molar refractivity (Wildman–Crippen MR) is 51.9 cm³/mol. The van der Waals surface area contributed by atoms with Crippen LogP contribution in [0, 0.1) is 0 Å². The van der Waals surface area contributed by atoms with E-state index in [9.17, 15) is 13.2 Å². The summed E-state index contributed by atoms with van der Waals surface area (Å²) in [5, 5.41) is 8.63. The second-order valence-electron chi connectivity index (χ2n) is 3.49. The van der Waals surface area contributed by atoms with Crippen LogP contribution < -0.4 is 0 Å². The van der Waals surface area contributed by atoms with Gasteiger partial charge in [-0.3, -0.25) is 9.69 Å². The van der Waals surface area contributed by atoms with Crippen molar-refractivity contribution in [3.05, 3.63) is 0 Å². The standard InChI is InChI=1S/C8H15NO4S/c1-2-9-3-4-14(12,13)6-7(9)5-8(10)11/h7H,2-6H2,1H3,(H,10,11). The van der Waals surface area contributed by atoms with Gasteiger partial charge >= 0.3 is 5.97 Å². The minimum Gasteiger partial charge on any atom is -0.481 e. The van der Waals surface area contributed by atoms with E-state index >= 15 is 0 Å². The average molecular weight is 221 g/mol. The Morgan fingerprint density at radius 1 is 1.57 bits per heavy atom. The molecule has 1 N–H and O–H groups in total. The van der Waals surface area contributed by atoms with E-state index in [-0.39, 0.29) is 24.0 Å². The topological polar surface area (TPSA) is 74.7 Å². The Morgan fingerprint density at radius 2 is 2.21 bits per heavy atom. The van der Waals surface area contributed by atoms with Gasteiger partial charge < -0.3 is 5.11 Å². The van der Waals surface area contributed by atoms with E-state index < -0.39 is 15.8 Å². The van der Waals surface area contributed by atoms with E-state index in [1.807, 2.05) is 11.8 Å². The van der Waals surface area contributed by atoms with Crippen molar-refractivity contribution in [3.63, 3.8) is 0 Å². The van der Waals surface area contributed by atoms with Gasteiger partial charge in [-0.25, -0.2) is 8.42 Å². The lowest BCUT2D eigenvalue weighted by atomic mass is 10.2. The molecule has 6 heteroatoms. The Balaban J connectivity index is 2.70. The fourth-order valence-corrected chi connectivity index (χ4v) is 3.32. The Kier molecular flexibility index (Phi) is 3.49. The SMILES string of the molecule is CCN1CCS(=O)(=O)CC1CC(=O)O. The van der Waals surface area contributed by atoms with Crippen molar-refractivity contribution in [2.45, 2.75) is 19.4 Å². The fourth-order valence-electron chi connectivity index (χ4n) is 1.73. The zero-order valence-electron chi connectivity index (χ0n) is 8.14. The van der Waals surface area contributed by atoms with E-state index in [0.29, 0.717) is 13.1 Å². The van der Waals surface area contributed by atoms with Crippen molar-refractivity contribution in [3.8, 4) is 0 Å². The van der Waals surface area contributed by atoms with Crippen LogP contribution >= 0.6 is 0 Å². The number of sulfone groups is 1. The van der Waals surface area contributed by atoms with Crippen LogP contribution in [0.25, 0.3) is 0 Å². The molecule has 0 radical (unpaired) electrons. The first-order valence-electron chi connectivity index (χ1n) is 4.61. The van der Waals surface area contributed by atoms with Crippen molar-refractivity contribution in [1.29, 1.82) is 0 Å². The summed E-state index contributed by atoms with van der Waals surface area (Å²) in [7, 11) is -3.03. The van der Waals surface area contributed by atoms with Gasteiger partial charge in [0, 0.05) is 12.6 Å². The third-order valence-corrected chi connectivity index (χ3v) is 4.17. The van der Waals surface area contributed by atoms with E-state index in [2.05, 4.69) is 0 Å². The zero-order chi connectivity index (χ0) is 10.8. The molecule has 1 aliphatic rings. The van der Waals surface area contributed by atoms with Crippen molar-refractivity contribution < 1.29 is 18.3 Å². The van der Waals surface area contributed by atoms with Gasteiger partial charge in [-0.2, -0.15) is 0 Å². The largest absolute Gasteiger partial charge is 0.481 e. The number of rotatable bonds is 3. The van der Waals surface area contributed by atoms with Gasteiger partial charge in [-0.1, -0.05) is 6.92 Å². The van der Waals surface area contributed by atoms with E-state index in [1.54, 1.807) is 0 Å². The molecule has 14 heavy (non-hydrogen) atoms. The molecule has 0 aliphatic carbocycles. The van der Waals surface area contributed by atoms with Crippen molar-refractivity contribution in [1.82, 2.24) is 4.90 Å².